The molecule has 0 aromatic rings. The smallest absolute Gasteiger partial charge is 0.315 e. The molecule has 2 amide bonds. The molecule has 2 atom stereocenters. The van der Waals surface area contributed by atoms with Crippen LogP contribution in [0.15, 0.2) is 0 Å². The van der Waals surface area contributed by atoms with Gasteiger partial charge < -0.3 is 20.1 Å². The zero-order valence-electron chi connectivity index (χ0n) is 14.4. The first-order valence-electron chi connectivity index (χ1n) is 9.27. The van der Waals surface area contributed by atoms with E-state index in [2.05, 4.69) is 10.6 Å². The van der Waals surface area contributed by atoms with E-state index in [4.69, 9.17) is 9.47 Å². The van der Waals surface area contributed by atoms with Crippen LogP contribution in [-0.4, -0.2) is 43.9 Å². The molecule has 134 valence electrons. The van der Waals surface area contributed by atoms with Gasteiger partial charge in [0.1, 0.15) is 0 Å². The Bertz CT molecular complexity index is 515. The van der Waals surface area contributed by atoms with Gasteiger partial charge in [-0.2, -0.15) is 0 Å². The van der Waals surface area contributed by atoms with Gasteiger partial charge in [-0.1, -0.05) is 0 Å². The van der Waals surface area contributed by atoms with Gasteiger partial charge in [-0.25, -0.2) is 4.79 Å². The fraction of sp³-hybridized carbons (Fsp3) is 0.889. The van der Waals surface area contributed by atoms with E-state index in [0.717, 1.165) is 44.9 Å². The van der Waals surface area contributed by atoms with Crippen LogP contribution < -0.4 is 10.6 Å². The molecule has 0 spiro atoms. The Hall–Kier alpha value is -1.30. The van der Waals surface area contributed by atoms with E-state index in [1.54, 1.807) is 0 Å². The lowest BCUT2D eigenvalue weighted by molar-refractivity contribution is -0.171. The Morgan fingerprint density at radius 3 is 2.38 bits per heavy atom. The largest absolute Gasteiger partial charge is 0.469 e. The predicted molar refractivity (Wildman–Crippen MR) is 87.4 cm³/mol. The second-order valence-corrected chi connectivity index (χ2v) is 8.50. The summed E-state index contributed by atoms with van der Waals surface area (Å²) in [7, 11) is 1.48. The Balaban J connectivity index is 1.46. The van der Waals surface area contributed by atoms with Crippen LogP contribution in [0.25, 0.3) is 0 Å². The molecule has 2 N–H and O–H groups in total. The number of hydrogen-bond donors (Lipinski definition) is 2. The van der Waals surface area contributed by atoms with Crippen molar-refractivity contribution in [2.24, 2.45) is 17.3 Å². The maximum atomic E-state index is 12.6. The van der Waals surface area contributed by atoms with Crippen molar-refractivity contribution in [3.8, 4) is 0 Å². The van der Waals surface area contributed by atoms with Crippen molar-refractivity contribution in [3.05, 3.63) is 0 Å². The SMILES string of the molecule is COC(=O)C12CC3CC(CC(NC(=O)NC4CCOCC4)(C3)C1)C2. The predicted octanol–water partition coefficient (Wildman–Crippen LogP) is 1.98. The molecular formula is C18H28N2O4. The number of urea groups is 1. The zero-order valence-corrected chi connectivity index (χ0v) is 14.4. The van der Waals surface area contributed by atoms with Crippen molar-refractivity contribution < 1.29 is 19.1 Å². The number of carbonyl (C=O) groups excluding carboxylic acids is 2. The molecule has 5 fully saturated rings. The minimum absolute atomic E-state index is 0.0763. The Labute approximate surface area is 143 Å². The fourth-order valence-corrected chi connectivity index (χ4v) is 6.17. The first kappa shape index (κ1) is 16.2. The first-order valence-corrected chi connectivity index (χ1v) is 9.27. The normalized spacial score (nSPS) is 41.0. The van der Waals surface area contributed by atoms with Crippen molar-refractivity contribution in [1.29, 1.82) is 0 Å². The summed E-state index contributed by atoms with van der Waals surface area (Å²) in [6.07, 6.45) is 7.55. The molecule has 6 heteroatoms. The molecule has 2 unspecified atom stereocenters. The lowest BCUT2D eigenvalue weighted by Crippen LogP contribution is -2.66. The standard InChI is InChI=1S/C18H28N2O4/c1-23-15(21)17-7-12-6-13(8-17)10-18(9-12,11-17)20-16(22)19-14-2-4-24-5-3-14/h12-14H,2-11H2,1H3,(H2,19,20,22). The van der Waals surface area contributed by atoms with E-state index in [0.29, 0.717) is 25.0 Å². The van der Waals surface area contributed by atoms with Gasteiger partial charge in [-0.15, -0.1) is 0 Å². The van der Waals surface area contributed by atoms with Crippen molar-refractivity contribution in [2.75, 3.05) is 20.3 Å². The van der Waals surface area contributed by atoms with Gasteiger partial charge in [-0.05, 0) is 63.2 Å². The molecule has 24 heavy (non-hydrogen) atoms. The molecule has 4 aliphatic carbocycles. The van der Waals surface area contributed by atoms with Crippen molar-refractivity contribution in [3.63, 3.8) is 0 Å². The summed E-state index contributed by atoms with van der Waals surface area (Å²) < 4.78 is 10.5. The topological polar surface area (TPSA) is 76.7 Å². The summed E-state index contributed by atoms with van der Waals surface area (Å²) in [4.78, 5) is 25.0. The van der Waals surface area contributed by atoms with Gasteiger partial charge in [0.15, 0.2) is 0 Å². The zero-order chi connectivity index (χ0) is 16.8. The molecule has 0 radical (unpaired) electrons. The maximum Gasteiger partial charge on any atom is 0.315 e. The average molecular weight is 336 g/mol. The Morgan fingerprint density at radius 2 is 1.75 bits per heavy atom. The van der Waals surface area contributed by atoms with Crippen molar-refractivity contribution in [1.82, 2.24) is 10.6 Å². The summed E-state index contributed by atoms with van der Waals surface area (Å²) in [5.74, 6) is 0.995. The number of carbonyl (C=O) groups is 2. The van der Waals surface area contributed by atoms with Crippen molar-refractivity contribution >= 4 is 12.0 Å². The van der Waals surface area contributed by atoms with E-state index >= 15 is 0 Å². The number of amides is 2. The molecule has 5 aliphatic rings. The van der Waals surface area contributed by atoms with Crippen LogP contribution in [0.1, 0.15) is 51.4 Å². The van der Waals surface area contributed by atoms with Crippen LogP contribution in [0.2, 0.25) is 0 Å². The summed E-state index contributed by atoms with van der Waals surface area (Å²) in [6.45, 7) is 1.43. The van der Waals surface area contributed by atoms with E-state index in [9.17, 15) is 9.59 Å². The lowest BCUT2D eigenvalue weighted by atomic mass is 9.47. The van der Waals surface area contributed by atoms with Crippen LogP contribution in [0, 0.1) is 17.3 Å². The quantitative estimate of drug-likeness (QED) is 0.773. The third kappa shape index (κ3) is 2.79. The molecule has 0 aromatic carbocycles. The highest BCUT2D eigenvalue weighted by Gasteiger charge is 2.61. The van der Waals surface area contributed by atoms with Gasteiger partial charge in [-0.3, -0.25) is 4.79 Å². The number of nitrogens with one attached hydrogen (secondary N) is 2. The third-order valence-corrected chi connectivity index (χ3v) is 6.61. The van der Waals surface area contributed by atoms with Crippen LogP contribution >= 0.6 is 0 Å². The maximum absolute atomic E-state index is 12.6. The molecule has 4 bridgehead atoms. The van der Waals surface area contributed by atoms with E-state index in [1.807, 2.05) is 0 Å². The van der Waals surface area contributed by atoms with Crippen LogP contribution in [0.3, 0.4) is 0 Å². The van der Waals surface area contributed by atoms with E-state index < -0.39 is 0 Å². The lowest BCUT2D eigenvalue weighted by Gasteiger charge is -2.60. The van der Waals surface area contributed by atoms with Gasteiger partial charge in [0.25, 0.3) is 0 Å². The minimum Gasteiger partial charge on any atom is -0.469 e. The van der Waals surface area contributed by atoms with Crippen LogP contribution in [0.4, 0.5) is 4.79 Å². The number of methoxy groups -OCH3 is 1. The summed E-state index contributed by atoms with van der Waals surface area (Å²) in [5.41, 5.74) is -0.599. The summed E-state index contributed by atoms with van der Waals surface area (Å²) in [6, 6.07) is 0.117. The molecular weight excluding hydrogens is 308 g/mol. The average Bonchev–Trinajstić information content (AvgIpc) is 2.53. The summed E-state index contributed by atoms with van der Waals surface area (Å²) >= 11 is 0. The second kappa shape index (κ2) is 5.90. The summed E-state index contributed by atoms with van der Waals surface area (Å²) in [5, 5.41) is 6.38. The molecule has 0 aromatic heterocycles. The number of ether oxygens (including phenoxy) is 2. The van der Waals surface area contributed by atoms with E-state index in [1.165, 1.54) is 13.5 Å². The van der Waals surface area contributed by atoms with Gasteiger partial charge >= 0.3 is 12.0 Å². The fourth-order valence-electron chi connectivity index (χ4n) is 6.17. The molecule has 5 rings (SSSR count). The molecule has 1 aliphatic heterocycles. The highest BCUT2D eigenvalue weighted by Crippen LogP contribution is 2.61. The highest BCUT2D eigenvalue weighted by molar-refractivity contribution is 5.79. The van der Waals surface area contributed by atoms with Gasteiger partial charge in [0.2, 0.25) is 0 Å². The molecule has 6 nitrogen and oxygen atoms in total. The number of rotatable bonds is 3. The van der Waals surface area contributed by atoms with Crippen molar-refractivity contribution in [2.45, 2.75) is 62.9 Å². The number of hydrogen-bond acceptors (Lipinski definition) is 4. The Kier molecular flexibility index (Phi) is 3.98. The van der Waals surface area contributed by atoms with Crippen LogP contribution in [-0.2, 0) is 14.3 Å². The van der Waals surface area contributed by atoms with Crippen LogP contribution in [0.5, 0.6) is 0 Å². The van der Waals surface area contributed by atoms with Gasteiger partial charge in [0, 0.05) is 24.8 Å². The highest BCUT2D eigenvalue weighted by atomic mass is 16.5. The monoisotopic (exact) mass is 336 g/mol. The third-order valence-electron chi connectivity index (χ3n) is 6.61. The second-order valence-electron chi connectivity index (χ2n) is 8.50. The first-order chi connectivity index (χ1) is 11.5. The molecule has 4 saturated carbocycles. The Morgan fingerprint density at radius 1 is 1.08 bits per heavy atom. The van der Waals surface area contributed by atoms with Gasteiger partial charge in [0.05, 0.1) is 12.5 Å². The molecule has 1 heterocycles. The molecule has 1 saturated heterocycles. The number of esters is 1. The van der Waals surface area contributed by atoms with E-state index in [-0.39, 0.29) is 29.0 Å². The minimum atomic E-state index is -0.370.